The molecule has 4 heterocycles. The number of carbonyl (C=O) groups excluding carboxylic acids is 1. The maximum Gasteiger partial charge on any atom is 0.262 e. The molecule has 2 aliphatic rings. The van der Waals surface area contributed by atoms with Gasteiger partial charge in [0.1, 0.15) is 22.7 Å². The van der Waals surface area contributed by atoms with Crippen LogP contribution in [0.2, 0.25) is 0 Å². The molecule has 0 bridgehead atoms. The summed E-state index contributed by atoms with van der Waals surface area (Å²) in [5, 5.41) is 8.85. The van der Waals surface area contributed by atoms with Gasteiger partial charge >= 0.3 is 0 Å². The van der Waals surface area contributed by atoms with Crippen LogP contribution in [0.4, 0.5) is 0 Å². The van der Waals surface area contributed by atoms with E-state index in [1.54, 1.807) is 6.07 Å². The Hall–Kier alpha value is -2.71. The molecule has 2 atom stereocenters. The van der Waals surface area contributed by atoms with Gasteiger partial charge < -0.3 is 15.4 Å². The van der Waals surface area contributed by atoms with Crippen molar-refractivity contribution in [3.8, 4) is 5.75 Å². The van der Waals surface area contributed by atoms with Gasteiger partial charge in [0.05, 0.1) is 17.8 Å². The minimum Gasteiger partial charge on any atom is -0.485 e. The molecule has 2 unspecified atom stereocenters. The highest BCUT2D eigenvalue weighted by molar-refractivity contribution is 7.16. The zero-order valence-electron chi connectivity index (χ0n) is 15.2. The molecule has 1 aromatic carbocycles. The van der Waals surface area contributed by atoms with E-state index in [9.17, 15) is 9.59 Å². The molecular formula is C20H20N4O3S. The number of aromatic nitrogens is 2. The summed E-state index contributed by atoms with van der Waals surface area (Å²) in [4.78, 5) is 30.3. The Morgan fingerprint density at radius 3 is 3.14 bits per heavy atom. The number of hydrogen-bond acceptors (Lipinski definition) is 6. The van der Waals surface area contributed by atoms with Gasteiger partial charge in [-0.25, -0.2) is 4.98 Å². The van der Waals surface area contributed by atoms with Gasteiger partial charge in [0.2, 0.25) is 5.91 Å². The molecule has 1 saturated heterocycles. The van der Waals surface area contributed by atoms with E-state index in [0.29, 0.717) is 16.6 Å². The van der Waals surface area contributed by atoms with Crippen molar-refractivity contribution in [2.45, 2.75) is 31.0 Å². The standard InChI is InChI=1S/C20H20N4O3S/c25-17(10-24-12-22-18-14(19(24)26)5-8-28-18)23-15-9-20(6-7-21-11-20)27-16-4-2-1-3-13(15)16/h1-5,8,12,15,21H,6-7,9-11H2,(H,23,25). The second kappa shape index (κ2) is 6.72. The molecule has 7 nitrogen and oxygen atoms in total. The highest BCUT2D eigenvalue weighted by Crippen LogP contribution is 2.42. The number of para-hydroxylation sites is 1. The van der Waals surface area contributed by atoms with Crippen LogP contribution in [-0.4, -0.2) is 34.1 Å². The van der Waals surface area contributed by atoms with Crippen LogP contribution in [0.1, 0.15) is 24.4 Å². The van der Waals surface area contributed by atoms with E-state index in [-0.39, 0.29) is 29.7 Å². The number of carbonyl (C=O) groups is 1. The van der Waals surface area contributed by atoms with Gasteiger partial charge in [-0.05, 0) is 24.1 Å². The number of benzene rings is 1. The molecule has 2 aliphatic heterocycles. The monoisotopic (exact) mass is 396 g/mol. The van der Waals surface area contributed by atoms with Gasteiger partial charge in [-0.15, -0.1) is 11.3 Å². The summed E-state index contributed by atoms with van der Waals surface area (Å²) in [6, 6.07) is 9.43. The fraction of sp³-hybridized carbons (Fsp3) is 0.350. The van der Waals surface area contributed by atoms with Crippen LogP contribution in [0.3, 0.4) is 0 Å². The maximum atomic E-state index is 12.8. The molecule has 8 heteroatoms. The van der Waals surface area contributed by atoms with Crippen molar-refractivity contribution in [1.29, 1.82) is 0 Å². The molecule has 28 heavy (non-hydrogen) atoms. The maximum absolute atomic E-state index is 12.8. The Kier molecular flexibility index (Phi) is 4.17. The summed E-state index contributed by atoms with van der Waals surface area (Å²) in [6.07, 6.45) is 3.06. The van der Waals surface area contributed by atoms with E-state index in [0.717, 1.165) is 30.8 Å². The van der Waals surface area contributed by atoms with E-state index < -0.39 is 0 Å². The Bertz CT molecular complexity index is 1100. The molecule has 2 aromatic heterocycles. The van der Waals surface area contributed by atoms with Crippen molar-refractivity contribution in [1.82, 2.24) is 20.2 Å². The van der Waals surface area contributed by atoms with E-state index in [1.807, 2.05) is 29.6 Å². The Balaban J connectivity index is 1.39. The largest absolute Gasteiger partial charge is 0.485 e. The molecule has 144 valence electrons. The normalized spacial score (nSPS) is 23.5. The average Bonchev–Trinajstić information content (AvgIpc) is 3.34. The van der Waals surface area contributed by atoms with E-state index in [2.05, 4.69) is 15.6 Å². The van der Waals surface area contributed by atoms with Gasteiger partial charge in [-0.3, -0.25) is 14.2 Å². The number of hydrogen-bond donors (Lipinski definition) is 2. The summed E-state index contributed by atoms with van der Waals surface area (Å²) in [6.45, 7) is 1.62. The summed E-state index contributed by atoms with van der Waals surface area (Å²) >= 11 is 1.42. The fourth-order valence-electron chi connectivity index (χ4n) is 4.13. The quantitative estimate of drug-likeness (QED) is 0.706. The Morgan fingerprint density at radius 1 is 1.39 bits per heavy atom. The molecule has 0 saturated carbocycles. The molecule has 1 amide bonds. The highest BCUT2D eigenvalue weighted by Gasteiger charge is 2.43. The molecular weight excluding hydrogens is 376 g/mol. The van der Waals surface area contributed by atoms with Gasteiger partial charge in [-0.2, -0.15) is 0 Å². The van der Waals surface area contributed by atoms with Crippen LogP contribution in [0, 0.1) is 0 Å². The third kappa shape index (κ3) is 2.98. The summed E-state index contributed by atoms with van der Waals surface area (Å²) in [5.41, 5.74) is 0.498. The number of nitrogens with zero attached hydrogens (tertiary/aromatic N) is 2. The SMILES string of the molecule is O=C(Cn1cnc2sccc2c1=O)NC1CC2(CCNC2)Oc2ccccc21. The van der Waals surface area contributed by atoms with Crippen molar-refractivity contribution in [3.05, 3.63) is 58.0 Å². The number of amides is 1. The number of thiophene rings is 1. The summed E-state index contributed by atoms with van der Waals surface area (Å²) in [7, 11) is 0. The van der Waals surface area contributed by atoms with Crippen LogP contribution in [0.15, 0.2) is 46.8 Å². The van der Waals surface area contributed by atoms with Crippen molar-refractivity contribution >= 4 is 27.5 Å². The first-order valence-corrected chi connectivity index (χ1v) is 10.2. The van der Waals surface area contributed by atoms with Crippen LogP contribution < -0.4 is 20.9 Å². The van der Waals surface area contributed by atoms with E-state index in [1.165, 1.54) is 22.2 Å². The van der Waals surface area contributed by atoms with Crippen LogP contribution in [-0.2, 0) is 11.3 Å². The second-order valence-electron chi connectivity index (χ2n) is 7.39. The summed E-state index contributed by atoms with van der Waals surface area (Å²) in [5.74, 6) is 0.613. The van der Waals surface area contributed by atoms with Gasteiger partial charge in [0.15, 0.2) is 0 Å². The fourth-order valence-corrected chi connectivity index (χ4v) is 4.85. The first-order valence-electron chi connectivity index (χ1n) is 9.34. The van der Waals surface area contributed by atoms with Crippen LogP contribution in [0.25, 0.3) is 10.2 Å². The highest BCUT2D eigenvalue weighted by atomic mass is 32.1. The number of nitrogens with one attached hydrogen (secondary N) is 2. The molecule has 5 rings (SSSR count). The lowest BCUT2D eigenvalue weighted by molar-refractivity contribution is -0.123. The van der Waals surface area contributed by atoms with Gasteiger partial charge in [-0.1, -0.05) is 18.2 Å². The van der Waals surface area contributed by atoms with Gasteiger partial charge in [0, 0.05) is 24.9 Å². The summed E-state index contributed by atoms with van der Waals surface area (Å²) < 4.78 is 7.65. The molecule has 1 fully saturated rings. The van der Waals surface area contributed by atoms with Crippen molar-refractivity contribution in [2.24, 2.45) is 0 Å². The minimum absolute atomic E-state index is 0.0532. The zero-order valence-corrected chi connectivity index (χ0v) is 16.0. The molecule has 1 spiro atoms. The predicted molar refractivity (Wildman–Crippen MR) is 107 cm³/mol. The van der Waals surface area contributed by atoms with E-state index >= 15 is 0 Å². The second-order valence-corrected chi connectivity index (χ2v) is 8.29. The number of rotatable bonds is 3. The zero-order chi connectivity index (χ0) is 19.1. The van der Waals surface area contributed by atoms with Crippen molar-refractivity contribution < 1.29 is 9.53 Å². The van der Waals surface area contributed by atoms with Gasteiger partial charge in [0.25, 0.3) is 5.56 Å². The first-order chi connectivity index (χ1) is 13.6. The smallest absolute Gasteiger partial charge is 0.262 e. The predicted octanol–water partition coefficient (Wildman–Crippen LogP) is 1.83. The molecule has 0 radical (unpaired) electrons. The number of ether oxygens (including phenoxy) is 1. The molecule has 0 aliphatic carbocycles. The Labute approximate surface area is 165 Å². The third-order valence-electron chi connectivity index (χ3n) is 5.50. The number of fused-ring (bicyclic) bond motifs is 2. The molecule has 3 aromatic rings. The topological polar surface area (TPSA) is 85.2 Å². The Morgan fingerprint density at radius 2 is 2.29 bits per heavy atom. The van der Waals surface area contributed by atoms with E-state index in [4.69, 9.17) is 4.74 Å². The third-order valence-corrected chi connectivity index (χ3v) is 6.32. The van der Waals surface area contributed by atoms with Crippen LogP contribution in [0.5, 0.6) is 5.75 Å². The average molecular weight is 396 g/mol. The van der Waals surface area contributed by atoms with Crippen molar-refractivity contribution in [2.75, 3.05) is 13.1 Å². The lowest BCUT2D eigenvalue weighted by Crippen LogP contribution is -2.47. The first kappa shape index (κ1) is 17.4. The van der Waals surface area contributed by atoms with Crippen LogP contribution >= 0.6 is 11.3 Å². The van der Waals surface area contributed by atoms with Crippen molar-refractivity contribution in [3.63, 3.8) is 0 Å². The lowest BCUT2D eigenvalue weighted by Gasteiger charge is -2.39. The minimum atomic E-state index is -0.291. The lowest BCUT2D eigenvalue weighted by atomic mass is 9.86. The molecule has 2 N–H and O–H groups in total.